The maximum atomic E-state index is 12.5. The third-order valence-corrected chi connectivity index (χ3v) is 7.13. The van der Waals surface area contributed by atoms with Gasteiger partial charge in [-0.25, -0.2) is 14.8 Å². The van der Waals surface area contributed by atoms with Gasteiger partial charge in [0.1, 0.15) is 21.7 Å². The van der Waals surface area contributed by atoms with Crippen molar-refractivity contribution < 1.29 is 14.3 Å². The van der Waals surface area contributed by atoms with E-state index < -0.39 is 12.0 Å². The number of ether oxygens (including phenoxy) is 1. The van der Waals surface area contributed by atoms with Gasteiger partial charge in [-0.1, -0.05) is 32.0 Å². The fraction of sp³-hybridized carbons (Fsp3) is 0.579. The van der Waals surface area contributed by atoms with Gasteiger partial charge in [0.2, 0.25) is 5.91 Å². The van der Waals surface area contributed by atoms with Crippen molar-refractivity contribution in [3.8, 4) is 0 Å². The Morgan fingerprint density at radius 3 is 2.81 bits per heavy atom. The van der Waals surface area contributed by atoms with Crippen molar-refractivity contribution in [2.45, 2.75) is 57.5 Å². The van der Waals surface area contributed by atoms with Crippen molar-refractivity contribution >= 4 is 45.2 Å². The Balaban J connectivity index is 1.74. The first-order valence-corrected chi connectivity index (χ1v) is 11.0. The Kier molecular flexibility index (Phi) is 6.37. The molecular formula is C19H25N3O3S2. The molecular weight excluding hydrogens is 382 g/mol. The lowest BCUT2D eigenvalue weighted by molar-refractivity contribution is -0.146. The molecule has 2 aromatic rings. The Morgan fingerprint density at radius 1 is 1.33 bits per heavy atom. The predicted octanol–water partition coefficient (Wildman–Crippen LogP) is 3.28. The Bertz CT molecular complexity index is 865. The second-order valence-corrected chi connectivity index (χ2v) is 8.90. The lowest BCUT2D eigenvalue weighted by atomic mass is 9.99. The molecule has 8 heteroatoms. The van der Waals surface area contributed by atoms with Gasteiger partial charge in [0, 0.05) is 10.3 Å². The zero-order valence-corrected chi connectivity index (χ0v) is 17.8. The number of rotatable bonds is 7. The Morgan fingerprint density at radius 2 is 2.11 bits per heavy atom. The number of thioether (sulfide) groups is 1. The molecule has 2 aromatic heterocycles. The molecule has 6 nitrogen and oxygen atoms in total. The van der Waals surface area contributed by atoms with E-state index in [1.165, 1.54) is 35.7 Å². The van der Waals surface area contributed by atoms with Crippen LogP contribution >= 0.6 is 23.1 Å². The third kappa shape index (κ3) is 4.27. The standard InChI is InChI=1S/C19H25N3O3S2/c1-5-10(2)16(19(24)25-4)22-14(23)9-26-17-15-12-7-6-8-13(12)27-18(15)21-11(3)20-17/h10,16H,5-9H2,1-4H3,(H,22,23)/t10-,16-/m0/s1. The van der Waals surface area contributed by atoms with Gasteiger partial charge in [-0.2, -0.15) is 0 Å². The smallest absolute Gasteiger partial charge is 0.328 e. The molecule has 0 aromatic carbocycles. The number of aryl methyl sites for hydroxylation is 3. The van der Waals surface area contributed by atoms with Crippen LogP contribution < -0.4 is 5.32 Å². The summed E-state index contributed by atoms with van der Waals surface area (Å²) in [6, 6.07) is -0.620. The molecule has 2 heterocycles. The average Bonchev–Trinajstić information content (AvgIpc) is 3.23. The SMILES string of the molecule is CC[C@H](C)[C@H](NC(=O)CSc1nc(C)nc2sc3c(c12)CCC3)C(=O)OC. The van der Waals surface area contributed by atoms with E-state index in [-0.39, 0.29) is 17.6 Å². The summed E-state index contributed by atoms with van der Waals surface area (Å²) in [7, 11) is 1.34. The molecule has 1 aliphatic carbocycles. The first kappa shape index (κ1) is 20.1. The molecule has 1 amide bonds. The minimum Gasteiger partial charge on any atom is -0.467 e. The van der Waals surface area contributed by atoms with Crippen LogP contribution in [0.15, 0.2) is 5.03 Å². The lowest BCUT2D eigenvalue weighted by Gasteiger charge is -2.21. The van der Waals surface area contributed by atoms with E-state index in [4.69, 9.17) is 4.74 Å². The van der Waals surface area contributed by atoms with Gasteiger partial charge >= 0.3 is 5.97 Å². The molecule has 2 atom stereocenters. The van der Waals surface area contributed by atoms with E-state index in [9.17, 15) is 9.59 Å². The number of methoxy groups -OCH3 is 1. The fourth-order valence-electron chi connectivity index (χ4n) is 3.31. The Labute approximate surface area is 167 Å². The van der Waals surface area contributed by atoms with E-state index in [1.54, 1.807) is 11.3 Å². The first-order chi connectivity index (χ1) is 12.9. The van der Waals surface area contributed by atoms with Crippen LogP contribution in [-0.2, 0) is 27.2 Å². The summed E-state index contributed by atoms with van der Waals surface area (Å²) in [4.78, 5) is 36.0. The van der Waals surface area contributed by atoms with Crippen molar-refractivity contribution in [1.29, 1.82) is 0 Å². The van der Waals surface area contributed by atoms with Crippen LogP contribution in [0.4, 0.5) is 0 Å². The van der Waals surface area contributed by atoms with Crippen molar-refractivity contribution in [3.05, 3.63) is 16.3 Å². The van der Waals surface area contributed by atoms with Crippen molar-refractivity contribution in [2.75, 3.05) is 12.9 Å². The number of carbonyl (C=O) groups is 2. The molecule has 0 bridgehead atoms. The van der Waals surface area contributed by atoms with E-state index in [0.717, 1.165) is 40.3 Å². The van der Waals surface area contributed by atoms with Gasteiger partial charge in [0.05, 0.1) is 12.9 Å². The predicted molar refractivity (Wildman–Crippen MR) is 108 cm³/mol. The number of hydrogen-bond donors (Lipinski definition) is 1. The lowest BCUT2D eigenvalue weighted by Crippen LogP contribution is -2.46. The quantitative estimate of drug-likeness (QED) is 0.431. The first-order valence-electron chi connectivity index (χ1n) is 9.23. The maximum absolute atomic E-state index is 12.5. The second kappa shape index (κ2) is 8.56. The van der Waals surface area contributed by atoms with Crippen LogP contribution in [0.5, 0.6) is 0 Å². The third-order valence-electron chi connectivity index (χ3n) is 4.97. The molecule has 0 aliphatic heterocycles. The summed E-state index contributed by atoms with van der Waals surface area (Å²) >= 11 is 3.16. The largest absolute Gasteiger partial charge is 0.467 e. The topological polar surface area (TPSA) is 81.2 Å². The number of thiophene rings is 1. The number of hydrogen-bond acceptors (Lipinski definition) is 7. The van der Waals surface area contributed by atoms with Gasteiger partial charge in [-0.05, 0) is 37.7 Å². The normalized spacial score (nSPS) is 15.4. The minimum absolute atomic E-state index is 0.0135. The molecule has 1 aliphatic rings. The number of carbonyl (C=O) groups excluding carboxylic acids is 2. The fourth-order valence-corrected chi connectivity index (χ4v) is 5.60. The summed E-state index contributed by atoms with van der Waals surface area (Å²) in [5.74, 6) is 0.350. The van der Waals surface area contributed by atoms with E-state index in [1.807, 2.05) is 20.8 Å². The number of nitrogens with one attached hydrogen (secondary N) is 1. The summed E-state index contributed by atoms with van der Waals surface area (Å²) in [5, 5.41) is 4.80. The number of fused-ring (bicyclic) bond motifs is 3. The molecule has 0 saturated carbocycles. The zero-order chi connectivity index (χ0) is 19.6. The molecule has 0 radical (unpaired) electrons. The highest BCUT2D eigenvalue weighted by Crippen LogP contribution is 2.40. The molecule has 1 N–H and O–H groups in total. The van der Waals surface area contributed by atoms with Gasteiger partial charge in [0.25, 0.3) is 0 Å². The van der Waals surface area contributed by atoms with Gasteiger partial charge in [-0.15, -0.1) is 11.3 Å². The number of amides is 1. The molecule has 0 saturated heterocycles. The molecule has 27 heavy (non-hydrogen) atoms. The van der Waals surface area contributed by atoms with E-state index >= 15 is 0 Å². The van der Waals surface area contributed by atoms with Crippen LogP contribution in [0.1, 0.15) is 43.0 Å². The van der Waals surface area contributed by atoms with Crippen molar-refractivity contribution in [3.63, 3.8) is 0 Å². The maximum Gasteiger partial charge on any atom is 0.328 e. The number of nitrogens with zero attached hydrogens (tertiary/aromatic N) is 2. The van der Waals surface area contributed by atoms with Crippen LogP contribution in [0.25, 0.3) is 10.2 Å². The summed E-state index contributed by atoms with van der Waals surface area (Å²) in [5.41, 5.74) is 1.35. The van der Waals surface area contributed by atoms with Crippen molar-refractivity contribution in [2.24, 2.45) is 5.92 Å². The molecule has 3 rings (SSSR count). The number of aromatic nitrogens is 2. The highest BCUT2D eigenvalue weighted by molar-refractivity contribution is 8.00. The zero-order valence-electron chi connectivity index (χ0n) is 16.1. The monoisotopic (exact) mass is 407 g/mol. The summed E-state index contributed by atoms with van der Waals surface area (Å²) in [6.45, 7) is 5.80. The number of esters is 1. The van der Waals surface area contributed by atoms with Crippen molar-refractivity contribution in [1.82, 2.24) is 15.3 Å². The van der Waals surface area contributed by atoms with Crippen LogP contribution in [0.2, 0.25) is 0 Å². The average molecular weight is 408 g/mol. The van der Waals surface area contributed by atoms with Crippen LogP contribution in [-0.4, -0.2) is 40.7 Å². The van der Waals surface area contributed by atoms with Crippen LogP contribution in [0, 0.1) is 12.8 Å². The molecule has 146 valence electrons. The van der Waals surface area contributed by atoms with E-state index in [0.29, 0.717) is 0 Å². The van der Waals surface area contributed by atoms with Gasteiger partial charge in [0.15, 0.2) is 0 Å². The summed E-state index contributed by atoms with van der Waals surface area (Å²) < 4.78 is 4.83. The summed E-state index contributed by atoms with van der Waals surface area (Å²) in [6.07, 6.45) is 4.11. The van der Waals surface area contributed by atoms with Gasteiger partial charge in [-0.3, -0.25) is 4.79 Å². The highest BCUT2D eigenvalue weighted by Gasteiger charge is 2.27. The highest BCUT2D eigenvalue weighted by atomic mass is 32.2. The molecule has 0 unspecified atom stereocenters. The van der Waals surface area contributed by atoms with Gasteiger partial charge < -0.3 is 10.1 Å². The minimum atomic E-state index is -0.620. The molecule has 0 fully saturated rings. The van der Waals surface area contributed by atoms with E-state index in [2.05, 4.69) is 15.3 Å². The molecule has 0 spiro atoms. The second-order valence-electron chi connectivity index (χ2n) is 6.86. The van der Waals surface area contributed by atoms with Crippen LogP contribution in [0.3, 0.4) is 0 Å². The Hall–Kier alpha value is -1.67.